The van der Waals surface area contributed by atoms with Crippen LogP contribution in [0.25, 0.3) is 0 Å². The second-order valence-corrected chi connectivity index (χ2v) is 7.30. The smallest absolute Gasteiger partial charge is 0.245 e. The van der Waals surface area contributed by atoms with Gasteiger partial charge < -0.3 is 5.32 Å². The molecule has 0 aromatic heterocycles. The number of para-hydroxylation sites is 1. The van der Waals surface area contributed by atoms with Gasteiger partial charge in [-0.1, -0.05) is 49.6 Å². The molecule has 0 saturated heterocycles. The van der Waals surface area contributed by atoms with Gasteiger partial charge >= 0.3 is 0 Å². The summed E-state index contributed by atoms with van der Waals surface area (Å²) in [6, 6.07) is 15.7. The van der Waals surface area contributed by atoms with E-state index in [1.54, 1.807) is 11.8 Å². The van der Waals surface area contributed by atoms with Gasteiger partial charge in [-0.05, 0) is 36.8 Å². The molecule has 1 aliphatic rings. The quantitative estimate of drug-likeness (QED) is 0.787. The Morgan fingerprint density at radius 1 is 1.14 bits per heavy atom. The zero-order valence-corrected chi connectivity index (χ0v) is 14.0. The summed E-state index contributed by atoms with van der Waals surface area (Å²) in [6.45, 7) is 2.15. The van der Waals surface area contributed by atoms with Gasteiger partial charge in [-0.3, -0.25) is 4.79 Å². The van der Waals surface area contributed by atoms with Crippen LogP contribution in [0, 0.1) is 0 Å². The van der Waals surface area contributed by atoms with Crippen molar-refractivity contribution >= 4 is 35.0 Å². The first-order valence-electron chi connectivity index (χ1n) is 7.51. The third-order valence-electron chi connectivity index (χ3n) is 3.97. The van der Waals surface area contributed by atoms with Crippen LogP contribution < -0.4 is 5.32 Å². The molecule has 22 heavy (non-hydrogen) atoms. The summed E-state index contributed by atoms with van der Waals surface area (Å²) in [5.41, 5.74) is 2.03. The van der Waals surface area contributed by atoms with Gasteiger partial charge in [0.15, 0.2) is 0 Å². The Labute approximate surface area is 140 Å². The van der Waals surface area contributed by atoms with Crippen molar-refractivity contribution in [3.8, 4) is 0 Å². The first-order valence-corrected chi connectivity index (χ1v) is 8.71. The van der Waals surface area contributed by atoms with E-state index in [-0.39, 0.29) is 5.91 Å². The maximum Gasteiger partial charge on any atom is 0.245 e. The van der Waals surface area contributed by atoms with Gasteiger partial charge in [-0.25, -0.2) is 0 Å². The number of carbonyl (C=O) groups is 1. The van der Waals surface area contributed by atoms with Crippen molar-refractivity contribution in [2.24, 2.45) is 0 Å². The van der Waals surface area contributed by atoms with E-state index >= 15 is 0 Å². The van der Waals surface area contributed by atoms with Crippen LogP contribution in [0.1, 0.15) is 31.7 Å². The van der Waals surface area contributed by atoms with Crippen molar-refractivity contribution in [1.29, 1.82) is 0 Å². The van der Waals surface area contributed by atoms with Crippen LogP contribution in [-0.4, -0.2) is 5.91 Å². The van der Waals surface area contributed by atoms with Gasteiger partial charge in [0.25, 0.3) is 0 Å². The fraction of sp³-hybridized carbons (Fsp3) is 0.278. The summed E-state index contributed by atoms with van der Waals surface area (Å²) < 4.78 is -0.541. The predicted octanol–water partition coefficient (Wildman–Crippen LogP) is 5.47. The van der Waals surface area contributed by atoms with Crippen LogP contribution in [0.2, 0.25) is 5.02 Å². The summed E-state index contributed by atoms with van der Waals surface area (Å²) in [4.78, 5) is 13.8. The summed E-state index contributed by atoms with van der Waals surface area (Å²) in [5, 5.41) is 3.75. The molecule has 114 valence electrons. The largest absolute Gasteiger partial charge is 0.324 e. The second kappa shape index (κ2) is 6.35. The van der Waals surface area contributed by atoms with Gasteiger partial charge in [0.2, 0.25) is 5.91 Å². The number of halogens is 1. The minimum atomic E-state index is -0.541. The monoisotopic (exact) mass is 331 g/mol. The van der Waals surface area contributed by atoms with Crippen molar-refractivity contribution in [3.63, 3.8) is 0 Å². The Morgan fingerprint density at radius 3 is 2.59 bits per heavy atom. The maximum atomic E-state index is 12.8. The lowest BCUT2D eigenvalue weighted by atomic mass is 9.94. The highest BCUT2D eigenvalue weighted by Gasteiger charge is 2.46. The second-order valence-electron chi connectivity index (χ2n) is 5.49. The van der Waals surface area contributed by atoms with Crippen molar-refractivity contribution in [1.82, 2.24) is 0 Å². The third-order valence-corrected chi connectivity index (χ3v) is 5.68. The first kappa shape index (κ1) is 15.4. The van der Waals surface area contributed by atoms with Crippen LogP contribution in [-0.2, 0) is 9.54 Å². The minimum Gasteiger partial charge on any atom is -0.324 e. The molecule has 0 radical (unpaired) electrons. The van der Waals surface area contributed by atoms with Gasteiger partial charge in [0.1, 0.15) is 4.75 Å². The summed E-state index contributed by atoms with van der Waals surface area (Å²) in [7, 11) is 0. The van der Waals surface area contributed by atoms with Gasteiger partial charge in [0, 0.05) is 21.2 Å². The van der Waals surface area contributed by atoms with Crippen molar-refractivity contribution < 1.29 is 4.79 Å². The number of fused-ring (bicyclic) bond motifs is 1. The van der Waals surface area contributed by atoms with Crippen LogP contribution in [0.3, 0.4) is 0 Å². The van der Waals surface area contributed by atoms with E-state index in [1.807, 2.05) is 42.5 Å². The number of carbonyl (C=O) groups excluding carboxylic acids is 1. The summed E-state index contributed by atoms with van der Waals surface area (Å²) >= 11 is 7.60. The van der Waals surface area contributed by atoms with Crippen molar-refractivity contribution in [3.05, 3.63) is 59.1 Å². The summed E-state index contributed by atoms with van der Waals surface area (Å²) in [6.07, 6.45) is 2.92. The molecule has 1 N–H and O–H groups in total. The van der Waals surface area contributed by atoms with Crippen LogP contribution in [0.4, 0.5) is 5.69 Å². The topological polar surface area (TPSA) is 29.1 Å². The van der Waals surface area contributed by atoms with E-state index in [0.717, 1.165) is 35.4 Å². The van der Waals surface area contributed by atoms with Crippen molar-refractivity contribution in [2.75, 3.05) is 5.32 Å². The van der Waals surface area contributed by atoms with E-state index in [0.29, 0.717) is 5.02 Å². The molecular weight excluding hydrogens is 314 g/mol. The number of benzene rings is 2. The fourth-order valence-electron chi connectivity index (χ4n) is 2.82. The molecule has 0 fully saturated rings. The highest BCUT2D eigenvalue weighted by molar-refractivity contribution is 8.01. The molecule has 3 rings (SSSR count). The Bertz CT molecular complexity index is 686. The number of amides is 1. The van der Waals surface area contributed by atoms with Crippen LogP contribution in [0.5, 0.6) is 0 Å². The molecule has 2 aromatic carbocycles. The number of hydrogen-bond donors (Lipinski definition) is 1. The predicted molar refractivity (Wildman–Crippen MR) is 93.6 cm³/mol. The van der Waals surface area contributed by atoms with E-state index in [1.165, 1.54) is 0 Å². The van der Waals surface area contributed by atoms with E-state index in [2.05, 4.69) is 18.3 Å². The highest BCUT2D eigenvalue weighted by Crippen LogP contribution is 2.51. The highest BCUT2D eigenvalue weighted by atomic mass is 35.5. The average Bonchev–Trinajstić information content (AvgIpc) is 2.80. The lowest BCUT2D eigenvalue weighted by molar-refractivity contribution is -0.118. The molecule has 1 aliphatic heterocycles. The van der Waals surface area contributed by atoms with Crippen LogP contribution >= 0.6 is 23.4 Å². The number of rotatable bonds is 5. The molecule has 2 aromatic rings. The molecule has 1 atom stereocenters. The molecule has 4 heteroatoms. The fourth-order valence-corrected chi connectivity index (χ4v) is 4.30. The zero-order chi connectivity index (χ0) is 15.6. The Morgan fingerprint density at radius 2 is 1.86 bits per heavy atom. The van der Waals surface area contributed by atoms with E-state index in [4.69, 9.17) is 11.6 Å². The third kappa shape index (κ3) is 2.75. The zero-order valence-electron chi connectivity index (χ0n) is 12.4. The van der Waals surface area contributed by atoms with Gasteiger partial charge in [-0.2, -0.15) is 0 Å². The molecule has 0 bridgehead atoms. The molecule has 0 spiro atoms. The molecule has 1 amide bonds. The van der Waals surface area contributed by atoms with Crippen molar-refractivity contribution in [2.45, 2.75) is 35.8 Å². The molecular formula is C18H18ClNOS. The molecule has 0 saturated carbocycles. The normalized spacial score (nSPS) is 19.8. The number of nitrogens with one attached hydrogen (secondary N) is 1. The van der Waals surface area contributed by atoms with Gasteiger partial charge in [-0.15, -0.1) is 11.8 Å². The lowest BCUT2D eigenvalue weighted by Gasteiger charge is -2.27. The first-order chi connectivity index (χ1) is 10.7. The molecule has 0 unspecified atom stereocenters. The SMILES string of the molecule is CCCC[C@]1(Sc2ccc(Cl)cc2)C(=O)Nc2ccccc21. The average molecular weight is 332 g/mol. The lowest BCUT2D eigenvalue weighted by Crippen LogP contribution is -2.31. The van der Waals surface area contributed by atoms with E-state index < -0.39 is 4.75 Å². The van der Waals surface area contributed by atoms with Crippen LogP contribution in [0.15, 0.2) is 53.4 Å². The molecule has 0 aliphatic carbocycles. The Hall–Kier alpha value is -1.45. The Kier molecular flexibility index (Phi) is 4.46. The number of thioether (sulfide) groups is 1. The number of hydrogen-bond acceptors (Lipinski definition) is 2. The molecule has 2 nitrogen and oxygen atoms in total. The van der Waals surface area contributed by atoms with Gasteiger partial charge in [0.05, 0.1) is 0 Å². The molecule has 1 heterocycles. The van der Waals surface area contributed by atoms with E-state index in [9.17, 15) is 4.79 Å². The summed E-state index contributed by atoms with van der Waals surface area (Å²) in [5.74, 6) is 0.0853. The maximum absolute atomic E-state index is 12.8. The number of anilines is 1. The standard InChI is InChI=1S/C18H18ClNOS/c1-2-3-12-18(22-14-10-8-13(19)9-11-14)15-6-4-5-7-16(15)20-17(18)21/h4-11H,2-3,12H2,1H3,(H,20,21)/t18-/m1/s1. The number of unbranched alkanes of at least 4 members (excludes halogenated alkanes) is 1. The minimum absolute atomic E-state index is 0.0853. The Balaban J connectivity index is 2.01.